The van der Waals surface area contributed by atoms with Gasteiger partial charge in [0.05, 0.1) is 17.4 Å². The summed E-state index contributed by atoms with van der Waals surface area (Å²) in [5.41, 5.74) is 3.33. The first kappa shape index (κ1) is 16.3. The van der Waals surface area contributed by atoms with Gasteiger partial charge in [0.1, 0.15) is 0 Å². The quantitative estimate of drug-likeness (QED) is 0.547. The summed E-state index contributed by atoms with van der Waals surface area (Å²) in [5, 5.41) is 9.92. The van der Waals surface area contributed by atoms with Gasteiger partial charge in [-0.2, -0.15) is 5.10 Å². The summed E-state index contributed by atoms with van der Waals surface area (Å²) in [6.07, 6.45) is 5.34. The average Bonchev–Trinajstić information content (AvgIpc) is 3.15. The zero-order valence-electron chi connectivity index (χ0n) is 14.5. The summed E-state index contributed by atoms with van der Waals surface area (Å²) in [7, 11) is 0. The molecule has 0 atom stereocenters. The van der Waals surface area contributed by atoms with Crippen LogP contribution in [0.5, 0.6) is 0 Å². The maximum Gasteiger partial charge on any atom is 0.159 e. The molecule has 0 aliphatic carbocycles. The predicted octanol–water partition coefficient (Wildman–Crippen LogP) is 4.95. The number of H-pyrrole nitrogens is 1. The lowest BCUT2D eigenvalue weighted by Crippen LogP contribution is -2.16. The summed E-state index contributed by atoms with van der Waals surface area (Å²) < 4.78 is 33.0. The van der Waals surface area contributed by atoms with Crippen molar-refractivity contribution in [3.05, 3.63) is 60.1 Å². The minimum Gasteiger partial charge on any atom is -0.381 e. The Labute approximate surface area is 154 Å². The molecule has 0 amide bonds. The molecule has 136 valence electrons. The largest absolute Gasteiger partial charge is 0.381 e. The highest BCUT2D eigenvalue weighted by Crippen LogP contribution is 2.39. The first-order chi connectivity index (χ1) is 13.2. The smallest absolute Gasteiger partial charge is 0.159 e. The van der Waals surface area contributed by atoms with E-state index in [4.69, 9.17) is 9.72 Å². The molecule has 0 unspecified atom stereocenters. The van der Waals surface area contributed by atoms with Crippen LogP contribution in [0.3, 0.4) is 0 Å². The van der Waals surface area contributed by atoms with Crippen LogP contribution in [0.15, 0.2) is 42.7 Å². The van der Waals surface area contributed by atoms with Crippen LogP contribution in [0.25, 0.3) is 32.8 Å². The van der Waals surface area contributed by atoms with E-state index in [0.717, 1.165) is 45.8 Å². The van der Waals surface area contributed by atoms with Crippen LogP contribution in [0.2, 0.25) is 0 Å². The highest BCUT2D eigenvalue weighted by molar-refractivity contribution is 6.04. The maximum absolute atomic E-state index is 14.0. The normalized spacial score (nSPS) is 15.6. The molecule has 1 fully saturated rings. The van der Waals surface area contributed by atoms with Gasteiger partial charge in [-0.1, -0.05) is 6.07 Å². The summed E-state index contributed by atoms with van der Waals surface area (Å²) in [4.78, 5) is 4.74. The third-order valence-electron chi connectivity index (χ3n) is 5.29. The molecule has 2 aromatic carbocycles. The van der Waals surface area contributed by atoms with Crippen LogP contribution in [0.4, 0.5) is 8.78 Å². The van der Waals surface area contributed by atoms with Gasteiger partial charge in [-0.05, 0) is 48.1 Å². The second-order valence-electron chi connectivity index (χ2n) is 6.93. The Morgan fingerprint density at radius 2 is 1.81 bits per heavy atom. The topological polar surface area (TPSA) is 50.8 Å². The van der Waals surface area contributed by atoms with E-state index in [1.165, 1.54) is 12.1 Å². The lowest BCUT2D eigenvalue weighted by atomic mass is 9.87. The first-order valence-electron chi connectivity index (χ1n) is 8.99. The second-order valence-corrected chi connectivity index (χ2v) is 6.93. The average molecular weight is 365 g/mol. The SMILES string of the molecule is Fc1ccc(-c2c(C3CCOCC3)ncc3cc4[nH]ncc4cc23)cc1F. The molecular formula is C21H17F2N3O. The Bertz CT molecular complexity index is 1150. The number of benzene rings is 2. The Morgan fingerprint density at radius 1 is 0.963 bits per heavy atom. The molecule has 1 aliphatic heterocycles. The fourth-order valence-electron chi connectivity index (χ4n) is 3.91. The van der Waals surface area contributed by atoms with Crippen molar-refractivity contribution in [2.75, 3.05) is 13.2 Å². The number of ether oxygens (including phenoxy) is 1. The molecule has 4 nitrogen and oxygen atoms in total. The van der Waals surface area contributed by atoms with Crippen LogP contribution < -0.4 is 0 Å². The highest BCUT2D eigenvalue weighted by atomic mass is 19.2. The standard InChI is InChI=1S/C21H17F2N3O/c22-17-2-1-13(8-18(17)23)20-16-7-15-11-25-26-19(15)9-14(16)10-24-21(20)12-3-5-27-6-4-12/h1-2,7-12H,3-6H2,(H,25,26). The van der Waals surface area contributed by atoms with E-state index in [9.17, 15) is 8.78 Å². The highest BCUT2D eigenvalue weighted by Gasteiger charge is 2.23. The van der Waals surface area contributed by atoms with Crippen LogP contribution in [0.1, 0.15) is 24.5 Å². The zero-order valence-corrected chi connectivity index (χ0v) is 14.5. The summed E-state index contributed by atoms with van der Waals surface area (Å²) in [6.45, 7) is 1.37. The Kier molecular flexibility index (Phi) is 3.86. The second kappa shape index (κ2) is 6.39. The third-order valence-corrected chi connectivity index (χ3v) is 5.29. The predicted molar refractivity (Wildman–Crippen MR) is 99.5 cm³/mol. The summed E-state index contributed by atoms with van der Waals surface area (Å²) in [5.74, 6) is -1.48. The molecule has 1 aliphatic rings. The van der Waals surface area contributed by atoms with Crippen LogP contribution >= 0.6 is 0 Å². The van der Waals surface area contributed by atoms with E-state index in [-0.39, 0.29) is 5.92 Å². The van der Waals surface area contributed by atoms with E-state index < -0.39 is 11.6 Å². The lowest BCUT2D eigenvalue weighted by Gasteiger charge is -2.24. The number of rotatable bonds is 2. The Balaban J connectivity index is 1.82. The fourth-order valence-corrected chi connectivity index (χ4v) is 3.91. The number of nitrogens with zero attached hydrogens (tertiary/aromatic N) is 2. The number of pyridine rings is 1. The molecular weight excluding hydrogens is 348 g/mol. The van der Waals surface area contributed by atoms with Crippen molar-refractivity contribution in [1.82, 2.24) is 15.2 Å². The van der Waals surface area contributed by atoms with Crippen LogP contribution in [0, 0.1) is 11.6 Å². The number of aromatic amines is 1. The van der Waals surface area contributed by atoms with Gasteiger partial charge in [-0.25, -0.2) is 8.78 Å². The zero-order chi connectivity index (χ0) is 18.4. The first-order valence-corrected chi connectivity index (χ1v) is 8.99. The summed E-state index contributed by atoms with van der Waals surface area (Å²) in [6, 6.07) is 8.08. The van der Waals surface area contributed by atoms with Gasteiger partial charge in [-0.3, -0.25) is 10.1 Å². The van der Waals surface area contributed by atoms with Gasteiger partial charge in [0.2, 0.25) is 0 Å². The molecule has 5 rings (SSSR count). The molecule has 0 bridgehead atoms. The van der Waals surface area contributed by atoms with Crippen molar-refractivity contribution in [3.8, 4) is 11.1 Å². The van der Waals surface area contributed by atoms with Gasteiger partial charge in [0, 0.05) is 41.7 Å². The minimum absolute atomic E-state index is 0.228. The van der Waals surface area contributed by atoms with Crippen molar-refractivity contribution in [2.24, 2.45) is 0 Å². The number of aromatic nitrogens is 3. The molecule has 2 aromatic heterocycles. The molecule has 4 aromatic rings. The van der Waals surface area contributed by atoms with Crippen LogP contribution in [-0.2, 0) is 4.74 Å². The molecule has 6 heteroatoms. The van der Waals surface area contributed by atoms with Crippen molar-refractivity contribution in [1.29, 1.82) is 0 Å². The minimum atomic E-state index is -0.855. The molecule has 3 heterocycles. The van der Waals surface area contributed by atoms with Gasteiger partial charge in [-0.15, -0.1) is 0 Å². The van der Waals surface area contributed by atoms with E-state index >= 15 is 0 Å². The fraction of sp³-hybridized carbons (Fsp3) is 0.238. The van der Waals surface area contributed by atoms with Gasteiger partial charge < -0.3 is 4.74 Å². The number of hydrogen-bond donors (Lipinski definition) is 1. The molecule has 27 heavy (non-hydrogen) atoms. The summed E-state index contributed by atoms with van der Waals surface area (Å²) >= 11 is 0. The maximum atomic E-state index is 14.0. The number of hydrogen-bond acceptors (Lipinski definition) is 3. The number of halogens is 2. The van der Waals surface area contributed by atoms with E-state index in [2.05, 4.69) is 10.2 Å². The molecule has 0 radical (unpaired) electrons. The van der Waals surface area contributed by atoms with Gasteiger partial charge in [0.15, 0.2) is 11.6 Å². The monoisotopic (exact) mass is 365 g/mol. The van der Waals surface area contributed by atoms with Crippen molar-refractivity contribution < 1.29 is 13.5 Å². The Hall–Kier alpha value is -2.86. The van der Waals surface area contributed by atoms with Crippen molar-refractivity contribution in [2.45, 2.75) is 18.8 Å². The van der Waals surface area contributed by atoms with E-state index in [1.54, 1.807) is 12.3 Å². The van der Waals surface area contributed by atoms with Gasteiger partial charge >= 0.3 is 0 Å². The number of fused-ring (bicyclic) bond motifs is 2. The number of nitrogens with one attached hydrogen (secondary N) is 1. The van der Waals surface area contributed by atoms with Crippen molar-refractivity contribution >= 4 is 21.7 Å². The lowest BCUT2D eigenvalue weighted by molar-refractivity contribution is 0.0846. The molecule has 1 N–H and O–H groups in total. The molecule has 0 saturated carbocycles. The van der Waals surface area contributed by atoms with E-state index in [0.29, 0.717) is 18.8 Å². The Morgan fingerprint density at radius 3 is 2.63 bits per heavy atom. The molecule has 1 saturated heterocycles. The van der Waals surface area contributed by atoms with Crippen molar-refractivity contribution in [3.63, 3.8) is 0 Å². The van der Waals surface area contributed by atoms with Crippen LogP contribution in [-0.4, -0.2) is 28.4 Å². The third kappa shape index (κ3) is 2.77. The van der Waals surface area contributed by atoms with E-state index in [1.807, 2.05) is 18.3 Å². The molecule has 0 spiro atoms. The van der Waals surface area contributed by atoms with Gasteiger partial charge in [0.25, 0.3) is 0 Å².